The van der Waals surface area contributed by atoms with Crippen molar-refractivity contribution >= 4 is 17.7 Å². The molecule has 146 valence electrons. The number of ether oxygens (including phenoxy) is 1. The molecule has 0 spiro atoms. The minimum Gasteiger partial charge on any atom is -0.444 e. The lowest BCUT2D eigenvalue weighted by Gasteiger charge is -2.44. The Morgan fingerprint density at radius 2 is 1.85 bits per heavy atom. The summed E-state index contributed by atoms with van der Waals surface area (Å²) in [4.78, 5) is 21.3. The predicted octanol–water partition coefficient (Wildman–Crippen LogP) is 4.74. The minimum absolute atomic E-state index is 0.155. The van der Waals surface area contributed by atoms with Crippen molar-refractivity contribution in [2.75, 3.05) is 13.1 Å². The first-order chi connectivity index (χ1) is 12.0. The van der Waals surface area contributed by atoms with Gasteiger partial charge in [0, 0.05) is 30.9 Å². The lowest BCUT2D eigenvalue weighted by atomic mass is 9.97. The van der Waals surface area contributed by atoms with E-state index in [0.29, 0.717) is 11.7 Å². The summed E-state index contributed by atoms with van der Waals surface area (Å²) in [5, 5.41) is 0.455. The number of amides is 1. The maximum Gasteiger partial charge on any atom is 0.410 e. The Bertz CT molecular complexity index is 597. The molecule has 1 saturated heterocycles. The molecule has 0 N–H and O–H groups in total. The molecule has 1 amide bonds. The van der Waals surface area contributed by atoms with Crippen molar-refractivity contribution in [3.63, 3.8) is 0 Å². The molecule has 1 aromatic rings. The van der Waals surface area contributed by atoms with Gasteiger partial charge in [-0.2, -0.15) is 0 Å². The van der Waals surface area contributed by atoms with Crippen LogP contribution >= 0.6 is 11.6 Å². The number of carbonyl (C=O) groups is 1. The summed E-state index contributed by atoms with van der Waals surface area (Å²) < 4.78 is 5.67. The average molecular weight is 382 g/mol. The fourth-order valence-corrected chi connectivity index (χ4v) is 3.32. The molecule has 0 atom stereocenters. The minimum atomic E-state index is -0.514. The summed E-state index contributed by atoms with van der Waals surface area (Å²) in [5.74, 6) is 0. The Morgan fingerprint density at radius 1 is 1.23 bits per heavy atom. The molecule has 5 nitrogen and oxygen atoms in total. The number of rotatable bonds is 3. The van der Waals surface area contributed by atoms with Crippen LogP contribution in [0.3, 0.4) is 0 Å². The van der Waals surface area contributed by atoms with Gasteiger partial charge in [-0.05, 0) is 66.0 Å². The molecular weight excluding hydrogens is 350 g/mol. The van der Waals surface area contributed by atoms with Crippen LogP contribution in [0.25, 0.3) is 0 Å². The van der Waals surface area contributed by atoms with Gasteiger partial charge in [-0.3, -0.25) is 4.90 Å². The van der Waals surface area contributed by atoms with Crippen LogP contribution in [0.5, 0.6) is 0 Å². The third kappa shape index (κ3) is 6.13. The zero-order valence-electron chi connectivity index (χ0n) is 16.9. The summed E-state index contributed by atoms with van der Waals surface area (Å²) in [6, 6.07) is 3.84. The van der Waals surface area contributed by atoms with E-state index in [1.165, 1.54) is 0 Å². The molecular formula is C20H32ClN3O2. The van der Waals surface area contributed by atoms with Crippen molar-refractivity contribution in [1.29, 1.82) is 0 Å². The van der Waals surface area contributed by atoms with E-state index in [0.717, 1.165) is 31.5 Å². The maximum atomic E-state index is 12.9. The second-order valence-corrected chi connectivity index (χ2v) is 9.37. The predicted molar refractivity (Wildman–Crippen MR) is 105 cm³/mol. The molecule has 2 heterocycles. The number of hydrogen-bond acceptors (Lipinski definition) is 4. The van der Waals surface area contributed by atoms with Crippen LogP contribution in [0.4, 0.5) is 4.79 Å². The zero-order valence-corrected chi connectivity index (χ0v) is 17.6. The van der Waals surface area contributed by atoms with E-state index in [4.69, 9.17) is 16.3 Å². The van der Waals surface area contributed by atoms with E-state index >= 15 is 0 Å². The maximum absolute atomic E-state index is 12.9. The Labute approximate surface area is 162 Å². The quantitative estimate of drug-likeness (QED) is 0.709. The molecule has 0 bridgehead atoms. The molecule has 1 aromatic heterocycles. The topological polar surface area (TPSA) is 45.7 Å². The van der Waals surface area contributed by atoms with Crippen LogP contribution in [0.2, 0.25) is 5.15 Å². The van der Waals surface area contributed by atoms with Gasteiger partial charge in [-0.15, -0.1) is 0 Å². The molecule has 0 aromatic carbocycles. The van der Waals surface area contributed by atoms with Gasteiger partial charge < -0.3 is 9.64 Å². The summed E-state index contributed by atoms with van der Waals surface area (Å²) >= 11 is 5.88. The normalized spacial score (nSPS) is 17.2. The summed E-state index contributed by atoms with van der Waals surface area (Å²) in [7, 11) is 0. The van der Waals surface area contributed by atoms with Crippen molar-refractivity contribution < 1.29 is 9.53 Å². The first-order valence-corrected chi connectivity index (χ1v) is 9.68. The third-order valence-corrected chi connectivity index (χ3v) is 4.85. The van der Waals surface area contributed by atoms with Gasteiger partial charge in [0.25, 0.3) is 0 Å². The van der Waals surface area contributed by atoms with Crippen molar-refractivity contribution in [1.82, 2.24) is 14.8 Å². The Morgan fingerprint density at radius 3 is 2.31 bits per heavy atom. The van der Waals surface area contributed by atoms with Gasteiger partial charge in [0.05, 0.1) is 6.54 Å². The van der Waals surface area contributed by atoms with Gasteiger partial charge in [-0.25, -0.2) is 9.78 Å². The van der Waals surface area contributed by atoms with Gasteiger partial charge in [0.2, 0.25) is 0 Å². The molecule has 0 unspecified atom stereocenters. The van der Waals surface area contributed by atoms with Gasteiger partial charge in [-0.1, -0.05) is 17.7 Å². The van der Waals surface area contributed by atoms with Crippen LogP contribution in [0, 0.1) is 0 Å². The number of carbonyl (C=O) groups excluding carboxylic acids is 1. The number of piperidine rings is 1. The van der Waals surface area contributed by atoms with Crippen molar-refractivity contribution in [2.24, 2.45) is 0 Å². The fourth-order valence-electron chi connectivity index (χ4n) is 3.21. The van der Waals surface area contributed by atoms with Gasteiger partial charge in [0.1, 0.15) is 10.8 Å². The molecule has 1 aliphatic heterocycles. The van der Waals surface area contributed by atoms with Crippen LogP contribution in [-0.2, 0) is 11.3 Å². The number of aromatic nitrogens is 1. The van der Waals surface area contributed by atoms with Crippen LogP contribution < -0.4 is 0 Å². The molecule has 2 rings (SSSR count). The summed E-state index contributed by atoms with van der Waals surface area (Å²) in [6.07, 6.45) is 3.35. The van der Waals surface area contributed by atoms with E-state index < -0.39 is 5.60 Å². The number of pyridine rings is 1. The van der Waals surface area contributed by atoms with Crippen molar-refractivity contribution in [3.8, 4) is 0 Å². The second kappa shape index (κ2) is 8.13. The van der Waals surface area contributed by atoms with E-state index in [9.17, 15) is 4.79 Å². The largest absolute Gasteiger partial charge is 0.444 e. The highest BCUT2D eigenvalue weighted by atomic mass is 35.5. The fraction of sp³-hybridized carbons (Fsp3) is 0.700. The number of likely N-dealkylation sites (tertiary alicyclic amines) is 1. The molecule has 1 aliphatic rings. The van der Waals surface area contributed by atoms with E-state index in [-0.39, 0.29) is 17.7 Å². The van der Waals surface area contributed by atoms with Crippen molar-refractivity contribution in [3.05, 3.63) is 29.0 Å². The Kier molecular flexibility index (Phi) is 6.56. The van der Waals surface area contributed by atoms with Gasteiger partial charge in [0.15, 0.2) is 0 Å². The SMILES string of the molecule is CC(C)(C)OC(=O)N(Cc1ccc(Cl)nc1)C1CCN(C(C)(C)C)CC1. The van der Waals surface area contributed by atoms with E-state index in [1.807, 2.05) is 31.7 Å². The molecule has 0 saturated carbocycles. The first-order valence-electron chi connectivity index (χ1n) is 9.31. The highest BCUT2D eigenvalue weighted by molar-refractivity contribution is 6.29. The highest BCUT2D eigenvalue weighted by Gasteiger charge is 2.33. The first kappa shape index (κ1) is 21.0. The average Bonchev–Trinajstić information content (AvgIpc) is 2.52. The molecule has 0 radical (unpaired) electrons. The van der Waals surface area contributed by atoms with Crippen LogP contribution in [-0.4, -0.2) is 51.1 Å². The van der Waals surface area contributed by atoms with E-state index in [1.54, 1.807) is 12.3 Å². The second-order valence-electron chi connectivity index (χ2n) is 8.99. The Balaban J connectivity index is 2.13. The lowest BCUT2D eigenvalue weighted by Crippen LogP contribution is -2.52. The van der Waals surface area contributed by atoms with Crippen LogP contribution in [0.15, 0.2) is 18.3 Å². The monoisotopic (exact) mass is 381 g/mol. The standard InChI is InChI=1S/C20H32ClN3O2/c1-19(2,3)23-11-9-16(10-12-23)24(18(25)26-20(4,5)6)14-15-7-8-17(21)22-13-15/h7-8,13,16H,9-12,14H2,1-6H3. The summed E-state index contributed by atoms with van der Waals surface area (Å²) in [5.41, 5.74) is 0.597. The highest BCUT2D eigenvalue weighted by Crippen LogP contribution is 2.26. The van der Waals surface area contributed by atoms with Crippen molar-refractivity contribution in [2.45, 2.75) is 78.1 Å². The third-order valence-electron chi connectivity index (χ3n) is 4.62. The number of halogens is 1. The van der Waals surface area contributed by atoms with E-state index in [2.05, 4.69) is 30.7 Å². The smallest absolute Gasteiger partial charge is 0.410 e. The molecule has 26 heavy (non-hydrogen) atoms. The van der Waals surface area contributed by atoms with Crippen LogP contribution in [0.1, 0.15) is 59.9 Å². The summed E-state index contributed by atoms with van der Waals surface area (Å²) in [6.45, 7) is 14.8. The zero-order chi connectivity index (χ0) is 19.5. The number of nitrogens with zero attached hydrogens (tertiary/aromatic N) is 3. The Hall–Kier alpha value is -1.33. The lowest BCUT2D eigenvalue weighted by molar-refractivity contribution is -0.000235. The van der Waals surface area contributed by atoms with Gasteiger partial charge >= 0.3 is 6.09 Å². The molecule has 1 fully saturated rings. The molecule has 6 heteroatoms. The molecule has 0 aliphatic carbocycles. The number of hydrogen-bond donors (Lipinski definition) is 0.